The van der Waals surface area contributed by atoms with Gasteiger partial charge in [0.05, 0.1) is 36.2 Å². The number of aliphatic hydroxyl groups is 1. The third kappa shape index (κ3) is 7.75. The largest absolute Gasteiger partial charge is 0.496 e. The standard InChI is InChI=1S/C47H42N2O2/c1-33-16-12-14-22-44(33)48-30-42(35-18-8-6-9-19-35)40-28-38(25-24-37(40)32-50)47(3,4)39-26-27-46(51-5)41(29-39)43(36-20-10-7-11-21-36)31-49-45-23-15-13-17-34(45)2/h6-29,50H,32H2,1-5H3. The molecule has 4 heteroatoms. The van der Waals surface area contributed by atoms with Gasteiger partial charge in [0.25, 0.3) is 0 Å². The molecule has 0 fully saturated rings. The molecule has 0 aliphatic carbocycles. The molecule has 51 heavy (non-hydrogen) atoms. The Balaban J connectivity index is 1.52. The SMILES string of the molecule is COc1ccc(C(C)(C)c2ccc(CO)c(C(=C=Nc3ccccc3C)c3ccccc3)c2)cc1C(=C=Nc1ccccc1C)c1ccccc1. The summed E-state index contributed by atoms with van der Waals surface area (Å²) in [5.74, 6) is 7.52. The first-order valence-corrected chi connectivity index (χ1v) is 17.1. The van der Waals surface area contributed by atoms with E-state index < -0.39 is 5.41 Å². The van der Waals surface area contributed by atoms with Gasteiger partial charge in [-0.25, -0.2) is 9.98 Å². The maximum Gasteiger partial charge on any atom is 0.127 e. The highest BCUT2D eigenvalue weighted by Crippen LogP contribution is 2.39. The molecule has 252 valence electrons. The van der Waals surface area contributed by atoms with Gasteiger partial charge in [-0.2, -0.15) is 0 Å². The van der Waals surface area contributed by atoms with Crippen molar-refractivity contribution in [2.75, 3.05) is 7.11 Å². The molecule has 0 radical (unpaired) electrons. The van der Waals surface area contributed by atoms with E-state index in [2.05, 4.69) is 87.1 Å². The topological polar surface area (TPSA) is 54.2 Å². The summed E-state index contributed by atoms with van der Waals surface area (Å²) in [5, 5.41) is 10.6. The zero-order valence-electron chi connectivity index (χ0n) is 29.8. The molecule has 0 aliphatic rings. The summed E-state index contributed by atoms with van der Waals surface area (Å²) >= 11 is 0. The molecule has 6 aromatic rings. The molecule has 0 saturated heterocycles. The Labute approximate surface area is 301 Å². The van der Waals surface area contributed by atoms with Crippen molar-refractivity contribution in [3.05, 3.63) is 196 Å². The average Bonchev–Trinajstić information content (AvgIpc) is 3.17. The minimum Gasteiger partial charge on any atom is -0.496 e. The maximum absolute atomic E-state index is 10.6. The highest BCUT2D eigenvalue weighted by molar-refractivity contribution is 6.02. The van der Waals surface area contributed by atoms with E-state index in [1.54, 1.807) is 7.11 Å². The van der Waals surface area contributed by atoms with Crippen LogP contribution in [0, 0.1) is 13.8 Å². The van der Waals surface area contributed by atoms with Gasteiger partial charge in [-0.15, -0.1) is 0 Å². The molecule has 0 aliphatic heterocycles. The molecule has 1 N–H and O–H groups in total. The average molecular weight is 667 g/mol. The predicted octanol–water partition coefficient (Wildman–Crippen LogP) is 11.0. The first-order valence-electron chi connectivity index (χ1n) is 17.1. The Morgan fingerprint density at radius 3 is 1.53 bits per heavy atom. The second-order valence-electron chi connectivity index (χ2n) is 13.1. The third-order valence-corrected chi connectivity index (χ3v) is 9.39. The number of benzene rings is 6. The van der Waals surface area contributed by atoms with E-state index in [4.69, 9.17) is 14.7 Å². The summed E-state index contributed by atoms with van der Waals surface area (Å²) in [6.45, 7) is 8.42. The van der Waals surface area contributed by atoms with Crippen LogP contribution in [-0.4, -0.2) is 24.0 Å². The summed E-state index contributed by atoms with van der Waals surface area (Å²) in [5.41, 5.74) is 11.8. The van der Waals surface area contributed by atoms with E-state index in [9.17, 15) is 5.11 Å². The van der Waals surface area contributed by atoms with Crippen LogP contribution < -0.4 is 4.74 Å². The predicted molar refractivity (Wildman–Crippen MR) is 212 cm³/mol. The highest BCUT2D eigenvalue weighted by atomic mass is 16.5. The van der Waals surface area contributed by atoms with E-state index in [1.807, 2.05) is 97.9 Å². The molecule has 0 aromatic heterocycles. The van der Waals surface area contributed by atoms with Crippen molar-refractivity contribution in [1.82, 2.24) is 0 Å². The molecule has 0 atom stereocenters. The van der Waals surface area contributed by atoms with Gasteiger partial charge in [0.1, 0.15) is 5.75 Å². The summed E-state index contributed by atoms with van der Waals surface area (Å²) in [7, 11) is 1.70. The molecule has 4 nitrogen and oxygen atoms in total. The fraction of sp³-hybridized carbons (Fsp3) is 0.149. The minimum atomic E-state index is -0.451. The number of hydrogen-bond donors (Lipinski definition) is 1. The van der Waals surface area contributed by atoms with Gasteiger partial charge in [0.2, 0.25) is 0 Å². The number of methoxy groups -OCH3 is 1. The number of aliphatic hydroxyl groups excluding tert-OH is 1. The van der Waals surface area contributed by atoms with Crippen molar-refractivity contribution in [3.8, 4) is 5.75 Å². The lowest BCUT2D eigenvalue weighted by atomic mass is 9.75. The van der Waals surface area contributed by atoms with Crippen LogP contribution in [0.15, 0.2) is 156 Å². The van der Waals surface area contributed by atoms with Crippen molar-refractivity contribution < 1.29 is 9.84 Å². The molecule has 0 amide bonds. The monoisotopic (exact) mass is 666 g/mol. The zero-order chi connectivity index (χ0) is 35.8. The number of aryl methyl sites for hydroxylation is 2. The van der Waals surface area contributed by atoms with Crippen LogP contribution in [0.3, 0.4) is 0 Å². The lowest BCUT2D eigenvalue weighted by Crippen LogP contribution is -2.20. The summed E-state index contributed by atoms with van der Waals surface area (Å²) in [4.78, 5) is 9.63. The van der Waals surface area contributed by atoms with Crippen LogP contribution in [0.5, 0.6) is 5.75 Å². The fourth-order valence-electron chi connectivity index (χ4n) is 6.17. The number of aliphatic imine (C=N–C) groups is 2. The Kier molecular flexibility index (Phi) is 10.7. The van der Waals surface area contributed by atoms with E-state index in [1.165, 1.54) is 0 Å². The van der Waals surface area contributed by atoms with E-state index in [0.29, 0.717) is 0 Å². The lowest BCUT2D eigenvalue weighted by Gasteiger charge is -2.28. The minimum absolute atomic E-state index is 0.115. The van der Waals surface area contributed by atoms with E-state index in [0.717, 1.165) is 78.3 Å². The third-order valence-electron chi connectivity index (χ3n) is 9.39. The summed E-state index contributed by atoms with van der Waals surface area (Å²) in [6, 6.07) is 49.0. The molecular weight excluding hydrogens is 625 g/mol. The van der Waals surface area contributed by atoms with Crippen molar-refractivity contribution in [3.63, 3.8) is 0 Å². The second kappa shape index (κ2) is 15.7. The molecule has 0 bridgehead atoms. The van der Waals surface area contributed by atoms with Gasteiger partial charge in [0.15, 0.2) is 0 Å². The smallest absolute Gasteiger partial charge is 0.127 e. The Hall–Kier alpha value is -6.02. The fourth-order valence-corrected chi connectivity index (χ4v) is 6.17. The number of para-hydroxylation sites is 2. The zero-order valence-corrected chi connectivity index (χ0v) is 29.8. The quantitative estimate of drug-likeness (QED) is 0.148. The molecule has 0 unspecified atom stereocenters. The number of hydrogen-bond acceptors (Lipinski definition) is 4. The van der Waals surface area contributed by atoms with Crippen molar-refractivity contribution in [2.24, 2.45) is 9.98 Å². The number of nitrogens with zero attached hydrogens (tertiary/aromatic N) is 2. The first-order chi connectivity index (χ1) is 24.8. The van der Waals surface area contributed by atoms with Gasteiger partial charge >= 0.3 is 0 Å². The van der Waals surface area contributed by atoms with Crippen LogP contribution in [0.2, 0.25) is 0 Å². The Bertz CT molecular complexity index is 2130. The molecule has 0 saturated carbocycles. The van der Waals surface area contributed by atoms with Gasteiger partial charge in [-0.1, -0.05) is 129 Å². The lowest BCUT2D eigenvalue weighted by molar-refractivity contribution is 0.281. The van der Waals surface area contributed by atoms with Gasteiger partial charge < -0.3 is 9.84 Å². The van der Waals surface area contributed by atoms with Gasteiger partial charge in [0, 0.05) is 11.0 Å². The summed E-state index contributed by atoms with van der Waals surface area (Å²) in [6.07, 6.45) is 0. The van der Waals surface area contributed by atoms with Crippen LogP contribution in [0.1, 0.15) is 63.9 Å². The van der Waals surface area contributed by atoms with Crippen molar-refractivity contribution in [1.29, 1.82) is 0 Å². The number of rotatable bonds is 10. The highest BCUT2D eigenvalue weighted by Gasteiger charge is 2.27. The van der Waals surface area contributed by atoms with Crippen LogP contribution in [0.25, 0.3) is 11.1 Å². The molecule has 0 heterocycles. The van der Waals surface area contributed by atoms with Crippen LogP contribution in [0.4, 0.5) is 11.4 Å². The molecular formula is C47H42N2O2. The van der Waals surface area contributed by atoms with Crippen molar-refractivity contribution >= 4 is 34.3 Å². The van der Waals surface area contributed by atoms with Crippen LogP contribution in [-0.2, 0) is 12.0 Å². The molecule has 6 rings (SSSR count). The number of ether oxygens (including phenoxy) is 1. The van der Waals surface area contributed by atoms with Crippen molar-refractivity contribution in [2.45, 2.75) is 39.7 Å². The van der Waals surface area contributed by atoms with E-state index in [-0.39, 0.29) is 6.61 Å². The molecule has 6 aromatic carbocycles. The first kappa shape index (κ1) is 34.8. The van der Waals surface area contributed by atoms with E-state index >= 15 is 0 Å². The van der Waals surface area contributed by atoms with Gasteiger partial charge in [-0.05, 0) is 100 Å². The maximum atomic E-state index is 10.6. The van der Waals surface area contributed by atoms with Crippen LogP contribution >= 0.6 is 0 Å². The second-order valence-corrected chi connectivity index (χ2v) is 13.1. The molecule has 0 spiro atoms. The normalized spacial score (nSPS) is 10.9. The van der Waals surface area contributed by atoms with Gasteiger partial charge in [-0.3, -0.25) is 0 Å². The summed E-state index contributed by atoms with van der Waals surface area (Å²) < 4.78 is 5.95. The Morgan fingerprint density at radius 1 is 0.588 bits per heavy atom. The Morgan fingerprint density at radius 2 is 1.04 bits per heavy atom.